The van der Waals surface area contributed by atoms with Crippen LogP contribution in [0, 0.1) is 0 Å². The Kier molecular flexibility index (Phi) is 12.1. The highest BCUT2D eigenvalue weighted by Gasteiger charge is 2.46. The van der Waals surface area contributed by atoms with Crippen LogP contribution in [0.1, 0.15) is 102 Å². The van der Waals surface area contributed by atoms with Crippen molar-refractivity contribution < 1.29 is 34.4 Å². The number of piperidine rings is 2. The third-order valence-corrected chi connectivity index (χ3v) is 15.0. The topological polar surface area (TPSA) is 207 Å². The number of anilines is 2. The monoisotopic (exact) mass is 902 g/mol. The number of aromatic hydroxyl groups is 2. The van der Waals surface area contributed by atoms with E-state index in [0.29, 0.717) is 96.4 Å². The smallest absolute Gasteiger partial charge is 0.258 e. The zero-order chi connectivity index (χ0) is 45.7. The molecule has 5 N–H and O–H groups in total. The summed E-state index contributed by atoms with van der Waals surface area (Å²) in [5.41, 5.74) is 11.5. The molecule has 2 aromatic carbocycles. The lowest BCUT2D eigenvalue weighted by atomic mass is 9.85. The van der Waals surface area contributed by atoms with Gasteiger partial charge in [0.05, 0.1) is 54.3 Å². The molecule has 2 aromatic heterocycles. The van der Waals surface area contributed by atoms with Gasteiger partial charge in [0.1, 0.15) is 17.3 Å². The zero-order valence-corrected chi connectivity index (χ0v) is 38.1. The molecular formula is C49H62N10O7. The average Bonchev–Trinajstić information content (AvgIpc) is 3.94. The number of nitrogens with zero attached hydrogens (tertiary/aromatic N) is 9. The van der Waals surface area contributed by atoms with E-state index in [1.54, 1.807) is 23.4 Å². The van der Waals surface area contributed by atoms with Crippen molar-refractivity contribution in [2.24, 2.45) is 0 Å². The van der Waals surface area contributed by atoms with Crippen molar-refractivity contribution in [3.8, 4) is 22.9 Å². The molecule has 0 saturated carbocycles. The Bertz CT molecular complexity index is 2460. The molecule has 350 valence electrons. The van der Waals surface area contributed by atoms with E-state index in [9.17, 15) is 24.9 Å². The number of aromatic nitrogens is 4. The van der Waals surface area contributed by atoms with Gasteiger partial charge in [-0.2, -0.15) is 0 Å². The van der Waals surface area contributed by atoms with Crippen LogP contribution in [-0.2, 0) is 46.9 Å². The Hall–Kier alpha value is -5.46. The number of hydrogen-bond acceptors (Lipinski definition) is 15. The van der Waals surface area contributed by atoms with E-state index >= 15 is 0 Å². The van der Waals surface area contributed by atoms with Gasteiger partial charge < -0.3 is 45.2 Å². The number of morpholine rings is 1. The van der Waals surface area contributed by atoms with E-state index in [1.165, 1.54) is 11.6 Å². The van der Waals surface area contributed by atoms with E-state index in [-0.39, 0.29) is 58.8 Å². The van der Waals surface area contributed by atoms with Crippen LogP contribution in [0.4, 0.5) is 11.8 Å². The summed E-state index contributed by atoms with van der Waals surface area (Å²) in [5.74, 6) is 1.29. The minimum Gasteiger partial charge on any atom is -0.508 e. The van der Waals surface area contributed by atoms with Crippen LogP contribution < -0.4 is 10.6 Å². The molecule has 4 saturated heterocycles. The number of hydrogen-bond donors (Lipinski definition) is 4. The first-order chi connectivity index (χ1) is 31.8. The van der Waals surface area contributed by atoms with Crippen molar-refractivity contribution in [1.29, 1.82) is 0 Å². The van der Waals surface area contributed by atoms with Crippen molar-refractivity contribution in [3.63, 3.8) is 0 Å². The number of rotatable bonds is 9. The van der Waals surface area contributed by atoms with Gasteiger partial charge in [-0.05, 0) is 72.8 Å². The number of carbonyl (C=O) groups excluding carboxylic acids is 2. The highest BCUT2D eigenvalue weighted by atomic mass is 16.5. The molecule has 4 fully saturated rings. The van der Waals surface area contributed by atoms with Crippen LogP contribution in [0.3, 0.4) is 0 Å². The number of phenolic OH excluding ortho intramolecular Hbond substituents is 2. The lowest BCUT2D eigenvalue weighted by molar-refractivity contribution is -0.143. The molecule has 6 aliphatic heterocycles. The molecule has 6 aliphatic rings. The Morgan fingerprint density at radius 1 is 0.864 bits per heavy atom. The molecule has 1 spiro atoms. The van der Waals surface area contributed by atoms with E-state index in [0.717, 1.165) is 79.1 Å². The highest BCUT2D eigenvalue weighted by molar-refractivity contribution is 5.97. The fourth-order valence-corrected chi connectivity index (χ4v) is 11.0. The summed E-state index contributed by atoms with van der Waals surface area (Å²) in [4.78, 5) is 56.6. The summed E-state index contributed by atoms with van der Waals surface area (Å²) in [6.07, 6.45) is 7.85. The Labute approximate surface area is 385 Å². The summed E-state index contributed by atoms with van der Waals surface area (Å²) < 4.78 is 12.3. The summed E-state index contributed by atoms with van der Waals surface area (Å²) in [6, 6.07) is 9.43. The minimum absolute atomic E-state index is 0.000139. The Morgan fingerprint density at radius 2 is 1.61 bits per heavy atom. The molecule has 66 heavy (non-hydrogen) atoms. The maximum atomic E-state index is 13.7. The second kappa shape index (κ2) is 18.0. The molecule has 1 unspecified atom stereocenters. The highest BCUT2D eigenvalue weighted by Crippen LogP contribution is 2.41. The summed E-state index contributed by atoms with van der Waals surface area (Å²) >= 11 is 0. The summed E-state index contributed by atoms with van der Waals surface area (Å²) in [5, 5.41) is 32.5. The molecule has 4 aromatic rings. The minimum atomic E-state index is -1.04. The number of nitrogen functional groups attached to an aromatic ring is 1. The van der Waals surface area contributed by atoms with Crippen molar-refractivity contribution >= 4 is 23.6 Å². The molecular weight excluding hydrogens is 841 g/mol. The maximum absolute atomic E-state index is 13.7. The SMILES string of the molecule is CC(C)c1cc(C(=O)N2Cc3ccc(CN4CCC(O)(CC(=O)N5CCC6(CC5)CC(N5CCc7c(nc(-c8cnc(N)nc8)nc7N7CCOCC7)C5)CO6)CC4)cc3C2)c(O)cc1O. The second-order valence-corrected chi connectivity index (χ2v) is 19.7. The Balaban J connectivity index is 0.699. The summed E-state index contributed by atoms with van der Waals surface area (Å²) in [6.45, 7) is 13.2. The molecule has 10 rings (SSSR count). The maximum Gasteiger partial charge on any atom is 0.258 e. The van der Waals surface area contributed by atoms with Crippen LogP contribution >= 0.6 is 0 Å². The lowest BCUT2D eigenvalue weighted by Gasteiger charge is -2.42. The van der Waals surface area contributed by atoms with Crippen LogP contribution in [0.2, 0.25) is 0 Å². The standard InChI is InChI=1S/C49H62N10O7/c1-31(2)38-20-39(42(61)21-41(38)60)46(63)59-27-33-4-3-32(19-34(33)28-59)26-55-11-6-48(64,7-12-55)23-43(62)56-13-8-49(9-14-56)22-36(30-66-49)58-10-5-37-40(29-58)53-44(35-24-51-47(50)52-25-35)54-45(37)57-15-17-65-18-16-57/h3-4,19-21,24-25,31,36,60-61,64H,5-18,22-23,26-30H2,1-2H3,(H2,50,51,52). The molecule has 2 amide bonds. The average molecular weight is 903 g/mol. The molecule has 1 atom stereocenters. The lowest BCUT2D eigenvalue weighted by Crippen LogP contribution is -2.51. The number of nitrogens with two attached hydrogens (primary N) is 1. The number of benzene rings is 2. The number of likely N-dealkylation sites (tertiary alicyclic amines) is 2. The number of fused-ring (bicyclic) bond motifs is 2. The molecule has 17 heteroatoms. The van der Waals surface area contributed by atoms with Gasteiger partial charge in [0, 0.05) is 102 Å². The normalized spacial score (nSPS) is 21.9. The van der Waals surface area contributed by atoms with Gasteiger partial charge in [0.25, 0.3) is 5.91 Å². The number of aliphatic hydroxyl groups is 1. The van der Waals surface area contributed by atoms with Crippen molar-refractivity contribution in [2.75, 3.05) is 76.3 Å². The first-order valence-corrected chi connectivity index (χ1v) is 23.7. The third kappa shape index (κ3) is 9.03. The third-order valence-electron chi connectivity index (χ3n) is 15.0. The quantitative estimate of drug-likeness (QED) is 0.188. The van der Waals surface area contributed by atoms with Crippen LogP contribution in [0.15, 0.2) is 42.7 Å². The predicted molar refractivity (Wildman–Crippen MR) is 245 cm³/mol. The number of carbonyl (C=O) groups is 2. The number of amides is 2. The van der Waals surface area contributed by atoms with Gasteiger partial charge in [-0.25, -0.2) is 19.9 Å². The summed E-state index contributed by atoms with van der Waals surface area (Å²) in [7, 11) is 0. The second-order valence-electron chi connectivity index (χ2n) is 19.7. The van der Waals surface area contributed by atoms with Gasteiger partial charge in [-0.15, -0.1) is 0 Å². The molecule has 8 heterocycles. The number of phenols is 2. The van der Waals surface area contributed by atoms with E-state index in [4.69, 9.17) is 25.2 Å². The first-order valence-electron chi connectivity index (χ1n) is 23.7. The van der Waals surface area contributed by atoms with Gasteiger partial charge >= 0.3 is 0 Å². The van der Waals surface area contributed by atoms with E-state index in [1.807, 2.05) is 18.7 Å². The fraction of sp³-hybridized carbons (Fsp3) is 0.551. The zero-order valence-electron chi connectivity index (χ0n) is 38.1. The largest absolute Gasteiger partial charge is 0.508 e. The van der Waals surface area contributed by atoms with Crippen molar-refractivity contribution in [1.82, 2.24) is 39.5 Å². The Morgan fingerprint density at radius 3 is 2.35 bits per heavy atom. The van der Waals surface area contributed by atoms with Crippen LogP contribution in [0.5, 0.6) is 11.5 Å². The molecule has 0 radical (unpaired) electrons. The fourth-order valence-electron chi connectivity index (χ4n) is 11.0. The first kappa shape index (κ1) is 44.4. The van der Waals surface area contributed by atoms with Gasteiger partial charge in [-0.1, -0.05) is 32.0 Å². The predicted octanol–water partition coefficient (Wildman–Crippen LogP) is 3.97. The van der Waals surface area contributed by atoms with E-state index < -0.39 is 5.60 Å². The molecule has 17 nitrogen and oxygen atoms in total. The van der Waals surface area contributed by atoms with Crippen molar-refractivity contribution in [3.05, 3.63) is 81.8 Å². The number of ether oxygens (including phenoxy) is 2. The molecule has 0 bridgehead atoms. The van der Waals surface area contributed by atoms with Crippen LogP contribution in [-0.4, -0.2) is 150 Å². The van der Waals surface area contributed by atoms with Crippen molar-refractivity contribution in [2.45, 2.75) is 108 Å². The molecule has 0 aliphatic carbocycles. The van der Waals surface area contributed by atoms with Gasteiger partial charge in [0.2, 0.25) is 11.9 Å². The van der Waals surface area contributed by atoms with Crippen LogP contribution in [0.25, 0.3) is 11.4 Å². The van der Waals surface area contributed by atoms with Gasteiger partial charge in [0.15, 0.2) is 5.82 Å². The van der Waals surface area contributed by atoms with E-state index in [2.05, 4.69) is 42.9 Å². The van der Waals surface area contributed by atoms with Gasteiger partial charge in [-0.3, -0.25) is 19.4 Å².